The van der Waals surface area contributed by atoms with Gasteiger partial charge in [0.1, 0.15) is 25.3 Å². The van der Waals surface area contributed by atoms with Crippen molar-refractivity contribution in [3.63, 3.8) is 0 Å². The Kier molecular flexibility index (Phi) is 5.18. The van der Waals surface area contributed by atoms with E-state index in [1.807, 2.05) is 38.0 Å². The number of fused-ring (bicyclic) bond motifs is 1. The third kappa shape index (κ3) is 3.99. The second kappa shape index (κ2) is 7.67. The Morgan fingerprint density at radius 2 is 1.97 bits per heavy atom. The third-order valence-corrected chi connectivity index (χ3v) is 5.57. The lowest BCUT2D eigenvalue weighted by Gasteiger charge is -2.33. The van der Waals surface area contributed by atoms with Gasteiger partial charge in [-0.05, 0) is 57.2 Å². The highest BCUT2D eigenvalue weighted by Gasteiger charge is 2.27. The molecule has 1 amide bonds. The zero-order valence-corrected chi connectivity index (χ0v) is 18.1. The normalized spacial score (nSPS) is 15.5. The van der Waals surface area contributed by atoms with E-state index in [0.717, 1.165) is 35.1 Å². The van der Waals surface area contributed by atoms with Crippen LogP contribution in [0.5, 0.6) is 0 Å². The summed E-state index contributed by atoms with van der Waals surface area (Å²) in [5.74, 6) is 0.898. The number of amides is 1. The highest BCUT2D eigenvalue weighted by atomic mass is 16.6. The standard InChI is InChI=1S/C22H28BN5O2/c1-22(2,3)30-21(29)27-9-7-14(8-10-27)15-5-4-6-16(11-15)18-12-17(23)19-20(24)25-13-26-28(18)19/h4-6,11-14H,7-10,23H2,1-3H3,(H2,24,25,26). The minimum atomic E-state index is -0.465. The summed E-state index contributed by atoms with van der Waals surface area (Å²) < 4.78 is 7.37. The number of rotatable bonds is 2. The van der Waals surface area contributed by atoms with Crippen LogP contribution in [0.2, 0.25) is 0 Å². The molecule has 30 heavy (non-hydrogen) atoms. The van der Waals surface area contributed by atoms with Crippen LogP contribution in [0.1, 0.15) is 45.1 Å². The number of carbonyl (C=O) groups is 1. The van der Waals surface area contributed by atoms with Gasteiger partial charge in [-0.3, -0.25) is 0 Å². The average molecular weight is 405 g/mol. The molecule has 0 radical (unpaired) electrons. The van der Waals surface area contributed by atoms with E-state index in [1.54, 1.807) is 0 Å². The van der Waals surface area contributed by atoms with Gasteiger partial charge >= 0.3 is 6.09 Å². The lowest BCUT2D eigenvalue weighted by Crippen LogP contribution is -2.41. The molecule has 0 unspecified atom stereocenters. The summed E-state index contributed by atoms with van der Waals surface area (Å²) in [5, 5.41) is 4.41. The molecule has 0 bridgehead atoms. The second-order valence-corrected chi connectivity index (χ2v) is 8.99. The lowest BCUT2D eigenvalue weighted by molar-refractivity contribution is 0.0205. The summed E-state index contributed by atoms with van der Waals surface area (Å²) >= 11 is 0. The second-order valence-electron chi connectivity index (χ2n) is 8.99. The van der Waals surface area contributed by atoms with Gasteiger partial charge < -0.3 is 15.4 Å². The van der Waals surface area contributed by atoms with Gasteiger partial charge in [-0.25, -0.2) is 14.3 Å². The predicted octanol–water partition coefficient (Wildman–Crippen LogP) is 2.35. The van der Waals surface area contributed by atoms with Crippen LogP contribution in [-0.4, -0.2) is 52.1 Å². The number of ether oxygens (including phenoxy) is 1. The lowest BCUT2D eigenvalue weighted by atomic mass is 9.88. The summed E-state index contributed by atoms with van der Waals surface area (Å²) in [5.41, 5.74) is 10.9. The summed E-state index contributed by atoms with van der Waals surface area (Å²) in [4.78, 5) is 18.3. The quantitative estimate of drug-likeness (QED) is 0.662. The molecule has 0 aliphatic carbocycles. The highest BCUT2D eigenvalue weighted by Crippen LogP contribution is 2.32. The van der Waals surface area contributed by atoms with Gasteiger partial charge in [-0.1, -0.05) is 23.7 Å². The zero-order chi connectivity index (χ0) is 21.5. The van der Waals surface area contributed by atoms with E-state index in [0.29, 0.717) is 24.8 Å². The fourth-order valence-corrected chi connectivity index (χ4v) is 4.13. The molecule has 156 valence electrons. The summed E-state index contributed by atoms with van der Waals surface area (Å²) in [6.07, 6.45) is 3.11. The van der Waals surface area contributed by atoms with E-state index >= 15 is 0 Å². The summed E-state index contributed by atoms with van der Waals surface area (Å²) in [6, 6.07) is 10.7. The number of nitrogens with two attached hydrogens (primary N) is 1. The minimum Gasteiger partial charge on any atom is -0.444 e. The molecule has 7 nitrogen and oxygen atoms in total. The van der Waals surface area contributed by atoms with Crippen LogP contribution in [0.3, 0.4) is 0 Å². The molecule has 1 aliphatic heterocycles. The number of nitrogen functional groups attached to an aromatic ring is 1. The van der Waals surface area contributed by atoms with Crippen molar-refractivity contribution >= 4 is 30.7 Å². The molecule has 8 heteroatoms. The number of anilines is 1. The van der Waals surface area contributed by atoms with E-state index < -0.39 is 5.60 Å². The van der Waals surface area contributed by atoms with Gasteiger partial charge in [-0.15, -0.1) is 0 Å². The molecule has 0 atom stereocenters. The number of aromatic nitrogens is 3. The number of hydrogen-bond donors (Lipinski definition) is 1. The Morgan fingerprint density at radius 3 is 2.67 bits per heavy atom. The van der Waals surface area contributed by atoms with Gasteiger partial charge in [0, 0.05) is 18.7 Å². The van der Waals surface area contributed by atoms with Gasteiger partial charge in [0.25, 0.3) is 0 Å². The van der Waals surface area contributed by atoms with E-state index in [2.05, 4.69) is 40.4 Å². The first-order chi connectivity index (χ1) is 14.2. The summed E-state index contributed by atoms with van der Waals surface area (Å²) in [7, 11) is 2.02. The predicted molar refractivity (Wildman–Crippen MR) is 121 cm³/mol. The zero-order valence-electron chi connectivity index (χ0n) is 18.1. The van der Waals surface area contributed by atoms with Crippen LogP contribution in [0.15, 0.2) is 36.7 Å². The van der Waals surface area contributed by atoms with E-state index in [1.165, 1.54) is 11.9 Å². The Hall–Kier alpha value is -3.03. The van der Waals surface area contributed by atoms with E-state index in [9.17, 15) is 4.79 Å². The first-order valence-corrected chi connectivity index (χ1v) is 10.4. The van der Waals surface area contributed by atoms with E-state index in [-0.39, 0.29) is 6.09 Å². The van der Waals surface area contributed by atoms with E-state index in [4.69, 9.17) is 10.5 Å². The number of piperidine rings is 1. The van der Waals surface area contributed by atoms with Gasteiger partial charge in [-0.2, -0.15) is 5.10 Å². The topological polar surface area (TPSA) is 85.8 Å². The van der Waals surface area contributed by atoms with Crippen molar-refractivity contribution in [3.8, 4) is 11.3 Å². The largest absolute Gasteiger partial charge is 0.444 e. The van der Waals surface area contributed by atoms with Crippen LogP contribution >= 0.6 is 0 Å². The summed E-state index contributed by atoms with van der Waals surface area (Å²) in [6.45, 7) is 7.11. The molecule has 1 aromatic carbocycles. The molecule has 3 aromatic rings. The van der Waals surface area contributed by atoms with Crippen molar-refractivity contribution in [3.05, 3.63) is 42.2 Å². The van der Waals surface area contributed by atoms with Crippen molar-refractivity contribution < 1.29 is 9.53 Å². The molecule has 2 N–H and O–H groups in total. The highest BCUT2D eigenvalue weighted by molar-refractivity contribution is 6.38. The Morgan fingerprint density at radius 1 is 1.23 bits per heavy atom. The molecule has 2 aromatic heterocycles. The van der Waals surface area contributed by atoms with Crippen LogP contribution in [0.25, 0.3) is 16.8 Å². The van der Waals surface area contributed by atoms with Crippen LogP contribution in [0, 0.1) is 0 Å². The van der Waals surface area contributed by atoms with Crippen molar-refractivity contribution in [2.75, 3.05) is 18.8 Å². The molecule has 4 rings (SSSR count). The Balaban J connectivity index is 1.53. The first kappa shape index (κ1) is 20.3. The smallest absolute Gasteiger partial charge is 0.410 e. The number of benzene rings is 1. The fourth-order valence-electron chi connectivity index (χ4n) is 4.13. The maximum absolute atomic E-state index is 12.3. The Bertz CT molecular complexity index is 1080. The maximum atomic E-state index is 12.3. The van der Waals surface area contributed by atoms with Crippen LogP contribution in [0.4, 0.5) is 10.6 Å². The SMILES string of the molecule is Bc1cc(-c2cccc(C3CCN(C(=O)OC(C)(C)C)CC3)c2)n2ncnc(N)c12. The number of likely N-dealkylation sites (tertiary alicyclic amines) is 1. The molecule has 1 saturated heterocycles. The molecular formula is C22H28BN5O2. The molecule has 0 spiro atoms. The molecule has 1 aliphatic rings. The maximum Gasteiger partial charge on any atom is 0.410 e. The number of hydrogen-bond acceptors (Lipinski definition) is 5. The number of nitrogens with zero attached hydrogens (tertiary/aromatic N) is 4. The van der Waals surface area contributed by atoms with Crippen molar-refractivity contribution in [1.82, 2.24) is 19.5 Å². The fraction of sp³-hybridized carbons (Fsp3) is 0.409. The average Bonchev–Trinajstić information content (AvgIpc) is 3.05. The minimum absolute atomic E-state index is 0.220. The van der Waals surface area contributed by atoms with Gasteiger partial charge in [0.2, 0.25) is 0 Å². The number of carbonyl (C=O) groups excluding carboxylic acids is 1. The molecule has 0 saturated carbocycles. The first-order valence-electron chi connectivity index (χ1n) is 10.4. The monoisotopic (exact) mass is 405 g/mol. The van der Waals surface area contributed by atoms with Crippen molar-refractivity contribution in [2.45, 2.75) is 45.1 Å². The van der Waals surface area contributed by atoms with Gasteiger partial charge in [0.15, 0.2) is 5.82 Å². The molecule has 3 heterocycles. The van der Waals surface area contributed by atoms with Crippen molar-refractivity contribution in [2.24, 2.45) is 0 Å². The van der Waals surface area contributed by atoms with Crippen LogP contribution in [-0.2, 0) is 4.74 Å². The van der Waals surface area contributed by atoms with Crippen molar-refractivity contribution in [1.29, 1.82) is 0 Å². The third-order valence-electron chi connectivity index (χ3n) is 5.57. The molecular weight excluding hydrogens is 377 g/mol. The van der Waals surface area contributed by atoms with Gasteiger partial charge in [0.05, 0.1) is 5.69 Å². The Labute approximate surface area is 177 Å². The van der Waals surface area contributed by atoms with Crippen LogP contribution < -0.4 is 11.2 Å². The molecule has 1 fully saturated rings.